The third-order valence-corrected chi connectivity index (χ3v) is 6.97. The van der Waals surface area contributed by atoms with Crippen LogP contribution < -0.4 is 16.6 Å². The van der Waals surface area contributed by atoms with Gasteiger partial charge in [-0.1, -0.05) is 60.2 Å². The molecule has 0 amide bonds. The van der Waals surface area contributed by atoms with Crippen molar-refractivity contribution in [3.8, 4) is 11.3 Å². The fraction of sp³-hybridized carbons (Fsp3) is 0.241. The molecule has 2 aromatic heterocycles. The summed E-state index contributed by atoms with van der Waals surface area (Å²) in [6, 6.07) is 16.2. The fourth-order valence-electron chi connectivity index (χ4n) is 5.28. The van der Waals surface area contributed by atoms with Crippen LogP contribution in [0.15, 0.2) is 76.0 Å². The Hall–Kier alpha value is -4.06. The minimum Gasteiger partial charge on any atom is -0.375 e. The van der Waals surface area contributed by atoms with Gasteiger partial charge in [-0.25, -0.2) is 4.79 Å². The summed E-state index contributed by atoms with van der Waals surface area (Å²) in [6.45, 7) is 8.17. The van der Waals surface area contributed by atoms with Gasteiger partial charge in [0.15, 0.2) is 0 Å². The number of aromatic nitrogens is 3. The SMILES string of the molecule is C/C=C\C1=C(C)NC(c2cccc(C)c2)c2c3c(c(-c4ccccc4C)n21)c(=O)n(C)c(=O)n3C. The van der Waals surface area contributed by atoms with Crippen LogP contribution in [0, 0.1) is 13.8 Å². The van der Waals surface area contributed by atoms with Crippen molar-refractivity contribution < 1.29 is 0 Å². The summed E-state index contributed by atoms with van der Waals surface area (Å²) < 4.78 is 5.01. The number of nitrogens with one attached hydrogen (secondary N) is 1. The van der Waals surface area contributed by atoms with E-state index in [1.807, 2.05) is 37.3 Å². The summed E-state index contributed by atoms with van der Waals surface area (Å²) in [4.78, 5) is 26.9. The van der Waals surface area contributed by atoms with Gasteiger partial charge < -0.3 is 9.88 Å². The van der Waals surface area contributed by atoms with E-state index in [2.05, 4.69) is 61.0 Å². The van der Waals surface area contributed by atoms with E-state index in [4.69, 9.17) is 0 Å². The van der Waals surface area contributed by atoms with Crippen molar-refractivity contribution in [3.05, 3.63) is 110 Å². The van der Waals surface area contributed by atoms with Gasteiger partial charge in [0.05, 0.1) is 34.0 Å². The highest BCUT2D eigenvalue weighted by molar-refractivity contribution is 6.00. The standard InChI is InChI=1S/C29H30N4O2/c1-7-11-22-19(4)30-24(20-14-10-12-17(2)16-20)27-26-23(28(34)32(6)29(35)31(26)5)25(33(22)27)21-15-9-8-13-18(21)3/h7-16,24,30H,1-6H3/b11-7-. The Kier molecular flexibility index (Phi) is 5.39. The van der Waals surface area contributed by atoms with Crippen LogP contribution in [0.1, 0.15) is 42.3 Å². The van der Waals surface area contributed by atoms with E-state index >= 15 is 0 Å². The molecule has 1 aliphatic heterocycles. The van der Waals surface area contributed by atoms with Gasteiger partial charge in [0.25, 0.3) is 5.56 Å². The second kappa shape index (κ2) is 8.31. The number of hydrogen-bond donors (Lipinski definition) is 1. The molecule has 6 nitrogen and oxygen atoms in total. The first-order valence-corrected chi connectivity index (χ1v) is 11.8. The normalized spacial score (nSPS) is 15.7. The molecule has 0 radical (unpaired) electrons. The maximum absolute atomic E-state index is 13.7. The van der Waals surface area contributed by atoms with Gasteiger partial charge in [-0.3, -0.25) is 13.9 Å². The van der Waals surface area contributed by atoms with Crippen molar-refractivity contribution in [1.82, 2.24) is 19.0 Å². The molecule has 0 saturated heterocycles. The maximum atomic E-state index is 13.7. The molecule has 0 bridgehead atoms. The lowest BCUT2D eigenvalue weighted by Crippen LogP contribution is -2.37. The van der Waals surface area contributed by atoms with Crippen molar-refractivity contribution in [3.63, 3.8) is 0 Å². The van der Waals surface area contributed by atoms with E-state index < -0.39 is 0 Å². The Morgan fingerprint density at radius 1 is 0.943 bits per heavy atom. The largest absolute Gasteiger partial charge is 0.375 e. The van der Waals surface area contributed by atoms with Crippen molar-refractivity contribution in [2.45, 2.75) is 33.7 Å². The number of fused-ring (bicyclic) bond motifs is 3. The number of hydrogen-bond acceptors (Lipinski definition) is 3. The minimum absolute atomic E-state index is 0.234. The summed E-state index contributed by atoms with van der Waals surface area (Å²) in [6.07, 6.45) is 4.06. The zero-order chi connectivity index (χ0) is 25.0. The molecule has 3 heterocycles. The zero-order valence-corrected chi connectivity index (χ0v) is 21.0. The molecule has 4 aromatic rings. The molecule has 35 heavy (non-hydrogen) atoms. The quantitative estimate of drug-likeness (QED) is 0.473. The van der Waals surface area contributed by atoms with Crippen molar-refractivity contribution in [1.29, 1.82) is 0 Å². The molecule has 0 spiro atoms. The zero-order valence-electron chi connectivity index (χ0n) is 21.0. The van der Waals surface area contributed by atoms with Gasteiger partial charge >= 0.3 is 5.69 Å². The lowest BCUT2D eigenvalue weighted by atomic mass is 9.98. The highest BCUT2D eigenvalue weighted by atomic mass is 16.2. The molecule has 1 atom stereocenters. The van der Waals surface area contributed by atoms with Crippen LogP contribution >= 0.6 is 0 Å². The van der Waals surface area contributed by atoms with Crippen LogP contribution in [-0.2, 0) is 14.1 Å². The first-order valence-electron chi connectivity index (χ1n) is 11.8. The molecule has 0 aliphatic carbocycles. The second-order valence-electron chi connectivity index (χ2n) is 9.32. The Balaban J connectivity index is 2.08. The fourth-order valence-corrected chi connectivity index (χ4v) is 5.28. The average molecular weight is 467 g/mol. The van der Waals surface area contributed by atoms with Crippen LogP contribution in [0.3, 0.4) is 0 Å². The van der Waals surface area contributed by atoms with E-state index in [1.54, 1.807) is 18.7 Å². The van der Waals surface area contributed by atoms with Gasteiger partial charge in [-0.2, -0.15) is 0 Å². The van der Waals surface area contributed by atoms with E-state index in [0.29, 0.717) is 10.9 Å². The summed E-state index contributed by atoms with van der Waals surface area (Å²) in [5.74, 6) is 0. The molecule has 0 saturated carbocycles. The number of rotatable bonds is 3. The highest BCUT2D eigenvalue weighted by Crippen LogP contribution is 2.43. The molecular formula is C29H30N4O2. The predicted octanol–water partition coefficient (Wildman–Crippen LogP) is 4.78. The third-order valence-electron chi connectivity index (χ3n) is 6.97. The van der Waals surface area contributed by atoms with Crippen molar-refractivity contribution in [2.75, 3.05) is 0 Å². The summed E-state index contributed by atoms with van der Waals surface area (Å²) in [5.41, 5.74) is 7.95. The number of benzene rings is 2. The summed E-state index contributed by atoms with van der Waals surface area (Å²) >= 11 is 0. The molecule has 5 rings (SSSR count). The maximum Gasteiger partial charge on any atom is 0.331 e. The van der Waals surface area contributed by atoms with E-state index in [1.165, 1.54) is 4.57 Å². The molecule has 2 aromatic carbocycles. The second-order valence-corrected chi connectivity index (χ2v) is 9.32. The van der Waals surface area contributed by atoms with E-state index in [0.717, 1.165) is 45.0 Å². The van der Waals surface area contributed by atoms with Crippen LogP contribution in [-0.4, -0.2) is 13.7 Å². The Morgan fingerprint density at radius 2 is 1.69 bits per heavy atom. The van der Waals surface area contributed by atoms with Gasteiger partial charge in [0.2, 0.25) is 0 Å². The van der Waals surface area contributed by atoms with Gasteiger partial charge in [0.1, 0.15) is 0 Å². The number of allylic oxidation sites excluding steroid dienone is 4. The van der Waals surface area contributed by atoms with Crippen LogP contribution in [0.4, 0.5) is 0 Å². The first kappa shape index (κ1) is 22.7. The smallest absolute Gasteiger partial charge is 0.331 e. The molecule has 178 valence electrons. The summed E-state index contributed by atoms with van der Waals surface area (Å²) in [5, 5.41) is 4.24. The summed E-state index contributed by atoms with van der Waals surface area (Å²) in [7, 11) is 3.30. The number of nitrogens with zero attached hydrogens (tertiary/aromatic N) is 3. The molecule has 1 N–H and O–H groups in total. The molecule has 1 unspecified atom stereocenters. The Morgan fingerprint density at radius 3 is 2.37 bits per heavy atom. The highest BCUT2D eigenvalue weighted by Gasteiger charge is 2.34. The Bertz CT molecular complexity index is 1680. The lowest BCUT2D eigenvalue weighted by Gasteiger charge is -2.31. The third kappa shape index (κ3) is 3.32. The average Bonchev–Trinajstić information content (AvgIpc) is 3.19. The van der Waals surface area contributed by atoms with Crippen LogP contribution in [0.25, 0.3) is 27.9 Å². The Labute approximate surface area is 204 Å². The van der Waals surface area contributed by atoms with Crippen molar-refractivity contribution in [2.24, 2.45) is 14.1 Å². The van der Waals surface area contributed by atoms with E-state index in [9.17, 15) is 9.59 Å². The molecule has 1 aliphatic rings. The molecule has 0 fully saturated rings. The minimum atomic E-state index is -0.339. The van der Waals surface area contributed by atoms with Crippen LogP contribution in [0.2, 0.25) is 0 Å². The van der Waals surface area contributed by atoms with Crippen molar-refractivity contribution >= 4 is 16.6 Å². The lowest BCUT2D eigenvalue weighted by molar-refractivity contribution is 0.631. The van der Waals surface area contributed by atoms with Gasteiger partial charge in [-0.05, 0) is 44.9 Å². The number of aryl methyl sites for hydroxylation is 3. The molecular weight excluding hydrogens is 436 g/mol. The molecule has 6 heteroatoms. The monoisotopic (exact) mass is 466 g/mol. The first-order chi connectivity index (χ1) is 16.8. The van der Waals surface area contributed by atoms with Gasteiger partial charge in [0, 0.05) is 25.4 Å². The predicted molar refractivity (Wildman–Crippen MR) is 142 cm³/mol. The van der Waals surface area contributed by atoms with Gasteiger partial charge in [-0.15, -0.1) is 0 Å². The topological polar surface area (TPSA) is 61.0 Å². The van der Waals surface area contributed by atoms with Crippen LogP contribution in [0.5, 0.6) is 0 Å². The van der Waals surface area contributed by atoms with E-state index in [-0.39, 0.29) is 17.3 Å².